The zero-order chi connectivity index (χ0) is 22.2. The average Bonchev–Trinajstić information content (AvgIpc) is 2.98. The van der Waals surface area contributed by atoms with Gasteiger partial charge in [0.1, 0.15) is 6.54 Å². The van der Waals surface area contributed by atoms with E-state index in [-0.39, 0.29) is 12.5 Å². The molecule has 1 aliphatic rings. The molecule has 0 spiro atoms. The van der Waals surface area contributed by atoms with Crippen molar-refractivity contribution in [3.05, 3.63) is 46.6 Å². The molecule has 0 N–H and O–H groups in total. The fourth-order valence-corrected chi connectivity index (χ4v) is 2.57. The maximum absolute atomic E-state index is 11.0. The molecule has 1 heterocycles. The van der Waals surface area contributed by atoms with Crippen molar-refractivity contribution in [3.8, 4) is 0 Å². The Labute approximate surface area is 179 Å². The molecular weight excluding hydrogens is 358 g/mol. The normalized spacial score (nSPS) is 15.0. The zero-order valence-corrected chi connectivity index (χ0v) is 20.1. The van der Waals surface area contributed by atoms with E-state index in [1.165, 1.54) is 22.3 Å². The Bertz CT molecular complexity index is 639. The second kappa shape index (κ2) is 16.0. The predicted octanol–water partition coefficient (Wildman–Crippen LogP) is 7.75. The van der Waals surface area contributed by atoms with Gasteiger partial charge >= 0.3 is 5.97 Å². The number of hydrogen-bond acceptors (Lipinski definition) is 3. The Hall–Kier alpha value is -1.90. The third kappa shape index (κ3) is 17.9. The second-order valence-electron chi connectivity index (χ2n) is 8.85. The van der Waals surface area contributed by atoms with Gasteiger partial charge in [-0.2, -0.15) is 0 Å². The van der Waals surface area contributed by atoms with Crippen LogP contribution in [-0.2, 0) is 9.53 Å². The van der Waals surface area contributed by atoms with Crippen molar-refractivity contribution in [1.29, 1.82) is 0 Å². The summed E-state index contributed by atoms with van der Waals surface area (Å²) in [5, 5.41) is 0. The lowest BCUT2D eigenvalue weighted by Crippen LogP contribution is -2.02. The van der Waals surface area contributed by atoms with E-state index < -0.39 is 0 Å². The maximum atomic E-state index is 11.0. The number of hydrogen-bond donors (Lipinski definition) is 0. The number of rotatable bonds is 10. The van der Waals surface area contributed by atoms with Gasteiger partial charge in [-0.05, 0) is 85.1 Å². The fraction of sp³-hybridized carbons (Fsp3) is 0.615. The largest absolute Gasteiger partial charge is 0.406 e. The Morgan fingerprint density at radius 3 is 1.72 bits per heavy atom. The molecule has 0 atom stereocenters. The Balaban J connectivity index is 0.00000178. The number of aliphatic imine (C=N–C) groups is 1. The van der Waals surface area contributed by atoms with Crippen LogP contribution in [0.1, 0.15) is 93.9 Å². The number of esters is 1. The van der Waals surface area contributed by atoms with Gasteiger partial charge in [0.25, 0.3) is 0 Å². The van der Waals surface area contributed by atoms with Crippen molar-refractivity contribution in [2.45, 2.75) is 93.9 Å². The lowest BCUT2D eigenvalue weighted by Gasteiger charge is -2.02. The molecule has 0 saturated carbocycles. The summed E-state index contributed by atoms with van der Waals surface area (Å²) in [6.45, 7) is 17.4. The summed E-state index contributed by atoms with van der Waals surface area (Å²) < 4.78 is 4.99. The number of carbonyl (C=O) groups is 1. The van der Waals surface area contributed by atoms with E-state index in [0.717, 1.165) is 44.4 Å². The molecule has 164 valence electrons. The molecule has 0 aromatic heterocycles. The summed E-state index contributed by atoms with van der Waals surface area (Å²) in [6.07, 6.45) is 15.4. The van der Waals surface area contributed by atoms with Crippen LogP contribution in [0.3, 0.4) is 0 Å². The second-order valence-corrected chi connectivity index (χ2v) is 8.85. The summed E-state index contributed by atoms with van der Waals surface area (Å²) in [7, 11) is 0. The van der Waals surface area contributed by atoms with Crippen LogP contribution in [0.4, 0.5) is 0 Å². The highest BCUT2D eigenvalue weighted by Gasteiger charge is 2.13. The van der Waals surface area contributed by atoms with Crippen molar-refractivity contribution >= 4 is 11.9 Å². The zero-order valence-electron chi connectivity index (χ0n) is 20.1. The molecule has 0 saturated heterocycles. The molecule has 1 rings (SSSR count). The third-order valence-corrected chi connectivity index (χ3v) is 4.11. The molecular formula is C26H43NO2. The molecule has 1 aliphatic heterocycles. The quantitative estimate of drug-likeness (QED) is 0.277. The molecule has 0 bridgehead atoms. The summed E-state index contributed by atoms with van der Waals surface area (Å²) in [4.78, 5) is 15.0. The Kier molecular flexibility index (Phi) is 14.9. The van der Waals surface area contributed by atoms with Crippen molar-refractivity contribution in [1.82, 2.24) is 0 Å². The van der Waals surface area contributed by atoms with Gasteiger partial charge in [0, 0.05) is 0 Å². The van der Waals surface area contributed by atoms with E-state index in [9.17, 15) is 4.79 Å². The maximum Gasteiger partial charge on any atom is 0.334 e. The molecule has 0 fully saturated rings. The van der Waals surface area contributed by atoms with Crippen molar-refractivity contribution < 1.29 is 9.53 Å². The summed E-state index contributed by atoms with van der Waals surface area (Å²) in [6, 6.07) is 0. The van der Waals surface area contributed by atoms with E-state index in [1.807, 2.05) is 6.08 Å². The molecule has 0 aromatic carbocycles. The minimum atomic E-state index is -0.265. The number of ether oxygens (including phenoxy) is 1. The number of allylic oxidation sites excluding steroid dienone is 7. The third-order valence-electron chi connectivity index (χ3n) is 4.11. The SMILES string of the molecule is CC(C)=CCC/C(C)=C/CC/C(C)=C/CC/C(C)=C/C1=NCC(=O)O1.CC(C)C. The van der Waals surface area contributed by atoms with Crippen LogP contribution < -0.4 is 0 Å². The van der Waals surface area contributed by atoms with E-state index in [2.05, 4.69) is 78.6 Å². The highest BCUT2D eigenvalue weighted by Crippen LogP contribution is 2.14. The average molecular weight is 402 g/mol. The van der Waals surface area contributed by atoms with Crippen LogP contribution in [0.15, 0.2) is 51.6 Å². The predicted molar refractivity (Wildman–Crippen MR) is 127 cm³/mol. The summed E-state index contributed by atoms with van der Waals surface area (Å²) >= 11 is 0. The molecule has 3 nitrogen and oxygen atoms in total. The minimum Gasteiger partial charge on any atom is -0.406 e. The van der Waals surface area contributed by atoms with Gasteiger partial charge in [0.2, 0.25) is 5.90 Å². The minimum absolute atomic E-state index is 0.152. The van der Waals surface area contributed by atoms with E-state index >= 15 is 0 Å². The van der Waals surface area contributed by atoms with Crippen molar-refractivity contribution in [3.63, 3.8) is 0 Å². The Morgan fingerprint density at radius 2 is 1.31 bits per heavy atom. The van der Waals surface area contributed by atoms with Gasteiger partial charge < -0.3 is 4.74 Å². The van der Waals surface area contributed by atoms with E-state index in [4.69, 9.17) is 4.74 Å². The lowest BCUT2D eigenvalue weighted by atomic mass is 10.0. The highest BCUT2D eigenvalue weighted by atomic mass is 16.5. The molecule has 0 unspecified atom stereocenters. The molecule has 0 aromatic rings. The van der Waals surface area contributed by atoms with Gasteiger partial charge in [-0.15, -0.1) is 0 Å². The summed E-state index contributed by atoms with van der Waals surface area (Å²) in [5.74, 6) is 1.02. The van der Waals surface area contributed by atoms with Gasteiger partial charge in [-0.25, -0.2) is 9.79 Å². The van der Waals surface area contributed by atoms with Gasteiger partial charge in [-0.1, -0.05) is 61.3 Å². The topological polar surface area (TPSA) is 38.7 Å². The van der Waals surface area contributed by atoms with Crippen LogP contribution >= 0.6 is 0 Å². The first-order valence-corrected chi connectivity index (χ1v) is 11.0. The van der Waals surface area contributed by atoms with E-state index in [0.29, 0.717) is 5.90 Å². The number of nitrogens with zero attached hydrogens (tertiary/aromatic N) is 1. The van der Waals surface area contributed by atoms with Gasteiger partial charge in [-0.3, -0.25) is 0 Å². The lowest BCUT2D eigenvalue weighted by molar-refractivity contribution is -0.132. The Morgan fingerprint density at radius 1 is 0.862 bits per heavy atom. The standard InChI is InChI=1S/C22H33NO2.C4H10/c1-17(2)9-6-10-18(3)11-7-12-19(4)13-8-14-20(5)15-21-23-16-22(24)25-21;1-4(2)3/h9,11,13,15H,6-8,10,12,14,16H2,1-5H3;4H,1-3H3/b18-11+,19-13+,20-15+;. The van der Waals surface area contributed by atoms with Gasteiger partial charge in [0.05, 0.1) is 0 Å². The molecule has 29 heavy (non-hydrogen) atoms. The first-order valence-electron chi connectivity index (χ1n) is 11.0. The van der Waals surface area contributed by atoms with Crippen LogP contribution in [0.25, 0.3) is 0 Å². The monoisotopic (exact) mass is 401 g/mol. The molecule has 0 aliphatic carbocycles. The molecule has 0 radical (unpaired) electrons. The molecule has 3 heteroatoms. The fourth-order valence-electron chi connectivity index (χ4n) is 2.57. The van der Waals surface area contributed by atoms with Crippen LogP contribution in [0, 0.1) is 5.92 Å². The smallest absolute Gasteiger partial charge is 0.334 e. The van der Waals surface area contributed by atoms with Crippen LogP contribution in [-0.4, -0.2) is 18.4 Å². The van der Waals surface area contributed by atoms with Crippen LogP contribution in [0.2, 0.25) is 0 Å². The number of cyclic esters (lactones) is 1. The first-order chi connectivity index (χ1) is 13.6. The van der Waals surface area contributed by atoms with Gasteiger partial charge in [0.15, 0.2) is 0 Å². The number of carbonyl (C=O) groups excluding carboxylic acids is 1. The first kappa shape index (κ1) is 27.1. The summed E-state index contributed by atoms with van der Waals surface area (Å²) in [5.41, 5.74) is 5.50. The molecule has 0 amide bonds. The van der Waals surface area contributed by atoms with E-state index in [1.54, 1.807) is 0 Å². The van der Waals surface area contributed by atoms with Crippen molar-refractivity contribution in [2.75, 3.05) is 6.54 Å². The van der Waals surface area contributed by atoms with Crippen LogP contribution in [0.5, 0.6) is 0 Å². The highest BCUT2D eigenvalue weighted by molar-refractivity contribution is 6.01. The van der Waals surface area contributed by atoms with Crippen molar-refractivity contribution in [2.24, 2.45) is 10.9 Å².